The number of hydrogen-bond donors (Lipinski definition) is 1. The molecule has 26 heavy (non-hydrogen) atoms. The van der Waals surface area contributed by atoms with Crippen LogP contribution in [0.3, 0.4) is 0 Å². The van der Waals surface area contributed by atoms with Gasteiger partial charge in [-0.1, -0.05) is 29.2 Å². The highest BCUT2D eigenvalue weighted by Gasteiger charge is 2.16. The molecule has 4 nitrogen and oxygen atoms in total. The SMILES string of the molecule is COc1ccc(C)c(Nc2cc(C(F)P)nc(C)c2N=CC(C)C)c1C. The summed E-state index contributed by atoms with van der Waals surface area (Å²) < 4.78 is 19.3. The Morgan fingerprint density at radius 3 is 2.54 bits per heavy atom. The number of nitrogens with zero attached hydrogens (tertiary/aromatic N) is 2. The van der Waals surface area contributed by atoms with Crippen molar-refractivity contribution in [2.75, 3.05) is 12.4 Å². The van der Waals surface area contributed by atoms with Gasteiger partial charge in [0.1, 0.15) is 11.4 Å². The van der Waals surface area contributed by atoms with Crippen LogP contribution in [-0.4, -0.2) is 18.3 Å². The zero-order valence-corrected chi connectivity index (χ0v) is 17.4. The van der Waals surface area contributed by atoms with Crippen molar-refractivity contribution in [3.05, 3.63) is 40.7 Å². The Balaban J connectivity index is 2.60. The largest absolute Gasteiger partial charge is 0.496 e. The van der Waals surface area contributed by atoms with Gasteiger partial charge in [0.25, 0.3) is 0 Å². The zero-order valence-electron chi connectivity index (χ0n) is 16.2. The number of rotatable bonds is 6. The molecule has 0 fully saturated rings. The molecule has 2 rings (SSSR count). The first-order chi connectivity index (χ1) is 12.2. The van der Waals surface area contributed by atoms with Crippen LogP contribution in [0.5, 0.6) is 5.75 Å². The quantitative estimate of drug-likeness (QED) is 0.500. The molecule has 1 aromatic heterocycles. The van der Waals surface area contributed by atoms with Gasteiger partial charge in [0, 0.05) is 17.5 Å². The van der Waals surface area contributed by atoms with Gasteiger partial charge in [-0.25, -0.2) is 4.39 Å². The van der Waals surface area contributed by atoms with Crippen molar-refractivity contribution in [1.82, 2.24) is 4.98 Å². The Bertz CT molecular complexity index is 819. The Morgan fingerprint density at radius 2 is 1.96 bits per heavy atom. The summed E-state index contributed by atoms with van der Waals surface area (Å²) in [6.45, 7) is 9.98. The monoisotopic (exact) mass is 375 g/mol. The van der Waals surface area contributed by atoms with Crippen LogP contribution >= 0.6 is 9.24 Å². The number of anilines is 2. The lowest BCUT2D eigenvalue weighted by molar-refractivity contribution is 0.412. The summed E-state index contributed by atoms with van der Waals surface area (Å²) in [5.41, 5.74) is 5.48. The Hall–Kier alpha value is -2.00. The Morgan fingerprint density at radius 1 is 1.27 bits per heavy atom. The maximum atomic E-state index is 13.9. The third kappa shape index (κ3) is 4.59. The molecular formula is C20H27FN3OP. The van der Waals surface area contributed by atoms with E-state index in [4.69, 9.17) is 4.74 Å². The van der Waals surface area contributed by atoms with E-state index in [1.54, 1.807) is 13.2 Å². The van der Waals surface area contributed by atoms with Crippen LogP contribution in [0.4, 0.5) is 21.5 Å². The number of methoxy groups -OCH3 is 1. The molecule has 0 spiro atoms. The van der Waals surface area contributed by atoms with Crippen molar-refractivity contribution >= 4 is 32.5 Å². The summed E-state index contributed by atoms with van der Waals surface area (Å²) in [6.07, 6.45) is 1.87. The molecule has 0 bridgehead atoms. The molecule has 6 heteroatoms. The van der Waals surface area contributed by atoms with Crippen LogP contribution in [0, 0.1) is 26.7 Å². The van der Waals surface area contributed by atoms with E-state index < -0.39 is 5.91 Å². The van der Waals surface area contributed by atoms with Crippen LogP contribution in [0.15, 0.2) is 23.2 Å². The molecule has 0 saturated carbocycles. The Labute approximate surface area is 157 Å². The van der Waals surface area contributed by atoms with Crippen LogP contribution in [0.25, 0.3) is 0 Å². The summed E-state index contributed by atoms with van der Waals surface area (Å²) in [5.74, 6) is -0.131. The normalized spacial score (nSPS) is 12.7. The van der Waals surface area contributed by atoms with E-state index in [9.17, 15) is 4.39 Å². The fraction of sp³-hybridized carbons (Fsp3) is 0.400. The van der Waals surface area contributed by atoms with Crippen LogP contribution < -0.4 is 10.1 Å². The lowest BCUT2D eigenvalue weighted by Crippen LogP contribution is -2.02. The van der Waals surface area contributed by atoms with Crippen molar-refractivity contribution in [2.24, 2.45) is 10.9 Å². The minimum absolute atomic E-state index is 0.304. The number of hydrogen-bond acceptors (Lipinski definition) is 4. The number of aromatic nitrogens is 1. The van der Waals surface area contributed by atoms with Gasteiger partial charge in [-0.2, -0.15) is 0 Å². The molecule has 0 aliphatic carbocycles. The first-order valence-electron chi connectivity index (χ1n) is 8.61. The van der Waals surface area contributed by atoms with Gasteiger partial charge in [-0.05, 0) is 44.4 Å². The highest BCUT2D eigenvalue weighted by molar-refractivity contribution is 7.16. The second-order valence-electron chi connectivity index (χ2n) is 6.66. The van der Waals surface area contributed by atoms with E-state index >= 15 is 0 Å². The molecule has 2 atom stereocenters. The number of ether oxygens (including phenoxy) is 1. The van der Waals surface area contributed by atoms with Gasteiger partial charge in [-0.3, -0.25) is 9.98 Å². The number of alkyl halides is 1. The Kier molecular flexibility index (Phi) is 6.71. The molecule has 0 saturated heterocycles. The second kappa shape index (κ2) is 8.59. The number of benzene rings is 1. The van der Waals surface area contributed by atoms with Crippen molar-refractivity contribution in [1.29, 1.82) is 0 Å². The smallest absolute Gasteiger partial charge is 0.155 e. The average molecular weight is 375 g/mol. The average Bonchev–Trinajstić information content (AvgIpc) is 2.57. The molecule has 0 aliphatic rings. The van der Waals surface area contributed by atoms with Gasteiger partial charge in [-0.15, -0.1) is 0 Å². The fourth-order valence-electron chi connectivity index (χ4n) is 2.69. The summed E-state index contributed by atoms with van der Waals surface area (Å²) in [4.78, 5) is 8.95. The molecular weight excluding hydrogens is 348 g/mol. The number of halogens is 1. The minimum atomic E-state index is -1.23. The molecule has 2 aromatic rings. The van der Waals surface area contributed by atoms with Gasteiger partial charge in [0.05, 0.1) is 24.2 Å². The lowest BCUT2D eigenvalue weighted by Gasteiger charge is -2.18. The number of pyridine rings is 1. The van der Waals surface area contributed by atoms with Gasteiger partial charge < -0.3 is 10.1 Å². The molecule has 1 heterocycles. The van der Waals surface area contributed by atoms with Gasteiger partial charge in [0.2, 0.25) is 0 Å². The molecule has 0 amide bonds. The molecule has 1 N–H and O–H groups in total. The van der Waals surface area contributed by atoms with E-state index in [1.807, 2.05) is 39.1 Å². The van der Waals surface area contributed by atoms with Crippen molar-refractivity contribution in [3.63, 3.8) is 0 Å². The molecule has 2 unspecified atom stereocenters. The van der Waals surface area contributed by atoms with E-state index in [-0.39, 0.29) is 0 Å². The summed E-state index contributed by atoms with van der Waals surface area (Å²) in [5, 5.41) is 3.43. The van der Waals surface area contributed by atoms with E-state index in [0.29, 0.717) is 17.3 Å². The van der Waals surface area contributed by atoms with Gasteiger partial charge >= 0.3 is 0 Å². The fourth-order valence-corrected chi connectivity index (χ4v) is 2.86. The van der Waals surface area contributed by atoms with Crippen LogP contribution in [-0.2, 0) is 0 Å². The maximum absolute atomic E-state index is 13.9. The first-order valence-corrected chi connectivity index (χ1v) is 9.27. The topological polar surface area (TPSA) is 46.5 Å². The summed E-state index contributed by atoms with van der Waals surface area (Å²) in [7, 11) is 3.79. The van der Waals surface area contributed by atoms with Gasteiger partial charge in [0.15, 0.2) is 5.91 Å². The number of aliphatic imine (C=N–C) groups is 1. The molecule has 1 aromatic carbocycles. The third-order valence-corrected chi connectivity index (χ3v) is 4.42. The summed E-state index contributed by atoms with van der Waals surface area (Å²) in [6, 6.07) is 5.65. The van der Waals surface area contributed by atoms with Crippen LogP contribution in [0.2, 0.25) is 0 Å². The standard InChI is InChI=1S/C20H27FN3OP/c1-11(2)10-22-19-14(5)23-16(20(21)26)9-15(19)24-18-12(3)7-8-17(25-6)13(18)4/h7-11,20H,26H2,1-6H3,(H,23,24). The minimum Gasteiger partial charge on any atom is -0.496 e. The van der Waals surface area contributed by atoms with Crippen molar-refractivity contribution in [2.45, 2.75) is 40.5 Å². The number of nitrogens with one attached hydrogen (secondary N) is 1. The predicted molar refractivity (Wildman–Crippen MR) is 111 cm³/mol. The lowest BCUT2D eigenvalue weighted by atomic mass is 10.1. The van der Waals surface area contributed by atoms with E-state index in [1.165, 1.54) is 0 Å². The predicted octanol–water partition coefficient (Wildman–Crippen LogP) is 5.96. The maximum Gasteiger partial charge on any atom is 0.155 e. The molecule has 0 radical (unpaired) electrons. The molecule has 140 valence electrons. The van der Waals surface area contributed by atoms with Crippen LogP contribution in [0.1, 0.15) is 42.3 Å². The summed E-state index contributed by atoms with van der Waals surface area (Å²) >= 11 is 0. The highest BCUT2D eigenvalue weighted by Crippen LogP contribution is 2.38. The van der Waals surface area contributed by atoms with Crippen molar-refractivity contribution in [3.8, 4) is 5.75 Å². The molecule has 0 aliphatic heterocycles. The second-order valence-corrected chi connectivity index (χ2v) is 7.25. The first kappa shape index (κ1) is 20.3. The number of aryl methyl sites for hydroxylation is 2. The van der Waals surface area contributed by atoms with Crippen molar-refractivity contribution < 1.29 is 9.13 Å². The highest BCUT2D eigenvalue weighted by atomic mass is 31.0. The zero-order chi connectivity index (χ0) is 19.4. The van der Waals surface area contributed by atoms with E-state index in [2.05, 4.69) is 38.4 Å². The third-order valence-electron chi connectivity index (χ3n) is 4.07. The van der Waals surface area contributed by atoms with E-state index in [0.717, 1.165) is 33.9 Å².